The van der Waals surface area contributed by atoms with Crippen molar-refractivity contribution < 1.29 is 14.3 Å². The van der Waals surface area contributed by atoms with E-state index in [0.29, 0.717) is 18.4 Å². The van der Waals surface area contributed by atoms with Crippen LogP contribution in [0.5, 0.6) is 0 Å². The first-order chi connectivity index (χ1) is 9.54. The maximum atomic E-state index is 10.5. The summed E-state index contributed by atoms with van der Waals surface area (Å²) < 4.78 is 5.46. The molecule has 1 aromatic rings. The van der Waals surface area contributed by atoms with Gasteiger partial charge in [0.25, 0.3) is 0 Å². The van der Waals surface area contributed by atoms with Crippen molar-refractivity contribution in [3.63, 3.8) is 0 Å². The number of hydrogen-bond acceptors (Lipinski definition) is 4. The van der Waals surface area contributed by atoms with Crippen LogP contribution < -0.4 is 0 Å². The molecule has 2 heterocycles. The Bertz CT molecular complexity index is 434. The van der Waals surface area contributed by atoms with Gasteiger partial charge in [0, 0.05) is 18.9 Å². The maximum absolute atomic E-state index is 10.5. The summed E-state index contributed by atoms with van der Waals surface area (Å²) in [6.07, 6.45) is 5.40. The number of rotatable bonds is 6. The van der Waals surface area contributed by atoms with Crippen LogP contribution in [-0.4, -0.2) is 40.1 Å². The zero-order valence-corrected chi connectivity index (χ0v) is 12.3. The molecular weight excluding hydrogens is 256 g/mol. The second-order valence-electron chi connectivity index (χ2n) is 5.90. The fraction of sp³-hybridized carbons (Fsp3) is 0.733. The van der Waals surface area contributed by atoms with Crippen molar-refractivity contribution in [1.29, 1.82) is 0 Å². The highest BCUT2D eigenvalue weighted by atomic mass is 16.4. The Morgan fingerprint density at radius 1 is 1.50 bits per heavy atom. The Morgan fingerprint density at radius 2 is 2.20 bits per heavy atom. The third-order valence-electron chi connectivity index (χ3n) is 4.04. The first kappa shape index (κ1) is 15.0. The van der Waals surface area contributed by atoms with Crippen molar-refractivity contribution in [2.45, 2.75) is 52.0 Å². The summed E-state index contributed by atoms with van der Waals surface area (Å²) in [4.78, 5) is 17.4. The number of aromatic nitrogens is 1. The van der Waals surface area contributed by atoms with E-state index in [1.165, 1.54) is 12.8 Å². The third kappa shape index (κ3) is 4.34. The normalized spacial score (nSPS) is 17.8. The lowest BCUT2D eigenvalue weighted by Crippen LogP contribution is -2.38. The van der Waals surface area contributed by atoms with Gasteiger partial charge in [0.15, 0.2) is 5.89 Å². The van der Waals surface area contributed by atoms with Crippen LogP contribution in [0.3, 0.4) is 0 Å². The highest BCUT2D eigenvalue weighted by Crippen LogP contribution is 2.22. The smallest absolute Gasteiger partial charge is 0.303 e. The molecule has 0 spiro atoms. The first-order valence-electron chi connectivity index (χ1n) is 7.43. The van der Waals surface area contributed by atoms with Gasteiger partial charge in [-0.1, -0.05) is 0 Å². The number of carbonyl (C=O) groups is 1. The molecule has 1 aliphatic rings. The number of aliphatic carboxylic acids is 1. The largest absolute Gasteiger partial charge is 0.481 e. The number of likely N-dealkylation sites (tertiary alicyclic amines) is 1. The van der Waals surface area contributed by atoms with Crippen molar-refractivity contribution in [2.75, 3.05) is 13.1 Å². The molecule has 1 aromatic heterocycles. The second-order valence-corrected chi connectivity index (χ2v) is 5.90. The van der Waals surface area contributed by atoms with Crippen LogP contribution in [0.4, 0.5) is 0 Å². The minimum Gasteiger partial charge on any atom is -0.481 e. The average Bonchev–Trinajstić information content (AvgIpc) is 2.84. The van der Waals surface area contributed by atoms with Crippen LogP contribution in [0.25, 0.3) is 0 Å². The van der Waals surface area contributed by atoms with E-state index in [4.69, 9.17) is 9.52 Å². The highest BCUT2D eigenvalue weighted by molar-refractivity contribution is 5.66. The quantitative estimate of drug-likeness (QED) is 0.866. The molecule has 0 amide bonds. The summed E-state index contributed by atoms with van der Waals surface area (Å²) in [5.41, 5.74) is 0.752. The van der Waals surface area contributed by atoms with Crippen molar-refractivity contribution >= 4 is 5.97 Å². The molecule has 0 aliphatic carbocycles. The van der Waals surface area contributed by atoms with Gasteiger partial charge in [-0.25, -0.2) is 4.98 Å². The number of carboxylic acid groups (broad SMARTS) is 1. The molecule has 0 bridgehead atoms. The van der Waals surface area contributed by atoms with E-state index >= 15 is 0 Å². The van der Waals surface area contributed by atoms with Gasteiger partial charge in [-0.05, 0) is 45.7 Å². The standard InChI is InChI=1S/C15H24N2O3/c1-11(2)17-7-5-12(6-8-17)9-14-16-13(10-20-14)3-4-15(18)19/h10-12H,3-9H2,1-2H3,(H,18,19). The highest BCUT2D eigenvalue weighted by Gasteiger charge is 2.22. The molecule has 1 aliphatic heterocycles. The minimum absolute atomic E-state index is 0.110. The lowest BCUT2D eigenvalue weighted by molar-refractivity contribution is -0.136. The summed E-state index contributed by atoms with van der Waals surface area (Å²) >= 11 is 0. The molecule has 0 saturated carbocycles. The van der Waals surface area contributed by atoms with Gasteiger partial charge < -0.3 is 14.4 Å². The van der Waals surface area contributed by atoms with E-state index in [-0.39, 0.29) is 6.42 Å². The summed E-state index contributed by atoms with van der Waals surface area (Å²) in [6.45, 7) is 6.77. The Balaban J connectivity index is 1.78. The van der Waals surface area contributed by atoms with Crippen LogP contribution in [-0.2, 0) is 17.6 Å². The Hall–Kier alpha value is -1.36. The molecule has 0 unspecified atom stereocenters. The van der Waals surface area contributed by atoms with Gasteiger partial charge in [-0.2, -0.15) is 0 Å². The van der Waals surface area contributed by atoms with Gasteiger partial charge in [0.1, 0.15) is 6.26 Å². The monoisotopic (exact) mass is 280 g/mol. The average molecular weight is 280 g/mol. The van der Waals surface area contributed by atoms with Crippen LogP contribution in [0.1, 0.15) is 44.7 Å². The van der Waals surface area contributed by atoms with Gasteiger partial charge in [-0.15, -0.1) is 0 Å². The zero-order chi connectivity index (χ0) is 14.5. The predicted molar refractivity (Wildman–Crippen MR) is 75.6 cm³/mol. The maximum Gasteiger partial charge on any atom is 0.303 e. The number of oxazole rings is 1. The summed E-state index contributed by atoms with van der Waals surface area (Å²) in [7, 11) is 0. The number of aryl methyl sites for hydroxylation is 1. The predicted octanol–water partition coefficient (Wildman–Crippen LogP) is 2.35. The first-order valence-corrected chi connectivity index (χ1v) is 7.43. The van der Waals surface area contributed by atoms with E-state index < -0.39 is 5.97 Å². The lowest BCUT2D eigenvalue weighted by Gasteiger charge is -2.34. The molecule has 5 nitrogen and oxygen atoms in total. The number of nitrogens with zero attached hydrogens (tertiary/aromatic N) is 2. The van der Waals surface area contributed by atoms with Crippen molar-refractivity contribution in [2.24, 2.45) is 5.92 Å². The fourth-order valence-corrected chi connectivity index (χ4v) is 2.71. The topological polar surface area (TPSA) is 66.6 Å². The number of hydrogen-bond donors (Lipinski definition) is 1. The van der Waals surface area contributed by atoms with E-state index in [2.05, 4.69) is 23.7 Å². The summed E-state index contributed by atoms with van der Waals surface area (Å²) in [5.74, 6) is 0.597. The molecule has 20 heavy (non-hydrogen) atoms. The van der Waals surface area contributed by atoms with E-state index in [1.807, 2.05) is 0 Å². The van der Waals surface area contributed by atoms with Crippen molar-refractivity contribution in [3.8, 4) is 0 Å². The summed E-state index contributed by atoms with van der Waals surface area (Å²) in [5, 5.41) is 8.65. The van der Waals surface area contributed by atoms with E-state index in [0.717, 1.165) is 31.1 Å². The molecule has 2 rings (SSSR count). The van der Waals surface area contributed by atoms with Gasteiger partial charge in [0.2, 0.25) is 0 Å². The van der Waals surface area contributed by atoms with Crippen LogP contribution >= 0.6 is 0 Å². The van der Waals surface area contributed by atoms with Crippen molar-refractivity contribution in [3.05, 3.63) is 17.8 Å². The molecule has 112 valence electrons. The molecule has 1 saturated heterocycles. The van der Waals surface area contributed by atoms with Crippen molar-refractivity contribution in [1.82, 2.24) is 9.88 Å². The van der Waals surface area contributed by atoms with Gasteiger partial charge >= 0.3 is 5.97 Å². The zero-order valence-electron chi connectivity index (χ0n) is 12.3. The minimum atomic E-state index is -0.796. The molecule has 0 aromatic carbocycles. The number of carboxylic acids is 1. The Labute approximate surface area is 120 Å². The van der Waals surface area contributed by atoms with E-state index in [1.54, 1.807) is 6.26 Å². The van der Waals surface area contributed by atoms with E-state index in [9.17, 15) is 4.79 Å². The Kier molecular flexibility index (Phi) is 5.17. The molecular formula is C15H24N2O3. The van der Waals surface area contributed by atoms with Crippen LogP contribution in [0.15, 0.2) is 10.7 Å². The molecule has 0 atom stereocenters. The Morgan fingerprint density at radius 3 is 2.80 bits per heavy atom. The molecule has 1 N–H and O–H groups in total. The van der Waals surface area contributed by atoms with Crippen LogP contribution in [0, 0.1) is 5.92 Å². The van der Waals surface area contributed by atoms with Gasteiger partial charge in [-0.3, -0.25) is 4.79 Å². The van der Waals surface area contributed by atoms with Gasteiger partial charge in [0.05, 0.1) is 12.1 Å². The third-order valence-corrected chi connectivity index (χ3v) is 4.04. The molecule has 0 radical (unpaired) electrons. The SMILES string of the molecule is CC(C)N1CCC(Cc2nc(CCC(=O)O)co2)CC1. The fourth-order valence-electron chi connectivity index (χ4n) is 2.71. The molecule has 1 fully saturated rings. The summed E-state index contributed by atoms with van der Waals surface area (Å²) in [6, 6.07) is 0.625. The lowest BCUT2D eigenvalue weighted by atomic mass is 9.93. The number of piperidine rings is 1. The molecule has 5 heteroatoms. The van der Waals surface area contributed by atoms with Crippen LogP contribution in [0.2, 0.25) is 0 Å². The second kappa shape index (κ2) is 6.88.